The van der Waals surface area contributed by atoms with Gasteiger partial charge in [0.1, 0.15) is 5.60 Å². The average Bonchev–Trinajstić information content (AvgIpc) is 2.60. The van der Waals surface area contributed by atoms with Gasteiger partial charge in [0.15, 0.2) is 0 Å². The number of halogens is 3. The third-order valence-corrected chi connectivity index (χ3v) is 3.70. The van der Waals surface area contributed by atoms with Crippen molar-refractivity contribution in [3.05, 3.63) is 0 Å². The summed E-state index contributed by atoms with van der Waals surface area (Å²) in [7, 11) is 0. The molecule has 0 aromatic heterocycles. The molecule has 1 saturated heterocycles. The molecule has 0 aliphatic carbocycles. The molecule has 1 heterocycles. The van der Waals surface area contributed by atoms with Crippen LogP contribution in [0, 0.1) is 0 Å². The fraction of sp³-hybridized carbons (Fsp3) is 0.938. The molecule has 136 valence electrons. The Morgan fingerprint density at radius 3 is 2.48 bits per heavy atom. The molecule has 0 aromatic rings. The van der Waals surface area contributed by atoms with Crippen LogP contribution >= 0.6 is 0 Å². The number of nitrogens with zero attached hydrogens (tertiary/aromatic N) is 1. The number of rotatable bonds is 5. The van der Waals surface area contributed by atoms with Crippen LogP contribution in [0.15, 0.2) is 0 Å². The summed E-state index contributed by atoms with van der Waals surface area (Å²) in [6.07, 6.45) is -1.78. The minimum Gasteiger partial charge on any atom is -0.444 e. The molecule has 1 unspecified atom stereocenters. The number of carbonyl (C=O) groups excluding carboxylic acids is 1. The van der Waals surface area contributed by atoms with E-state index in [1.165, 1.54) is 0 Å². The second-order valence-electron chi connectivity index (χ2n) is 7.12. The van der Waals surface area contributed by atoms with Crippen molar-refractivity contribution in [2.24, 2.45) is 0 Å². The van der Waals surface area contributed by atoms with Gasteiger partial charge in [-0.2, -0.15) is 13.2 Å². The summed E-state index contributed by atoms with van der Waals surface area (Å²) in [4.78, 5) is 13.8. The quantitative estimate of drug-likeness (QED) is 0.768. The first kappa shape index (κ1) is 20.1. The molecular weight excluding hydrogens is 309 g/mol. The summed E-state index contributed by atoms with van der Waals surface area (Å²) in [6, 6.07) is 0.258. The first-order valence-corrected chi connectivity index (χ1v) is 8.35. The average molecular weight is 338 g/mol. The van der Waals surface area contributed by atoms with Crippen molar-refractivity contribution in [1.29, 1.82) is 0 Å². The summed E-state index contributed by atoms with van der Waals surface area (Å²) < 4.78 is 41.5. The third-order valence-electron chi connectivity index (χ3n) is 3.70. The first-order chi connectivity index (χ1) is 10.6. The molecule has 0 spiro atoms. The topological polar surface area (TPSA) is 41.6 Å². The van der Waals surface area contributed by atoms with Crippen molar-refractivity contribution < 1.29 is 22.7 Å². The Labute approximate surface area is 136 Å². The van der Waals surface area contributed by atoms with Gasteiger partial charge in [-0.3, -0.25) is 0 Å². The minimum absolute atomic E-state index is 0.160. The van der Waals surface area contributed by atoms with Gasteiger partial charge in [0.2, 0.25) is 0 Å². The van der Waals surface area contributed by atoms with E-state index in [0.29, 0.717) is 26.1 Å². The zero-order valence-corrected chi connectivity index (χ0v) is 14.3. The molecule has 7 heteroatoms. The largest absolute Gasteiger partial charge is 0.444 e. The van der Waals surface area contributed by atoms with Gasteiger partial charge in [0, 0.05) is 25.6 Å². The highest BCUT2D eigenvalue weighted by Crippen LogP contribution is 2.22. The molecule has 1 atom stereocenters. The minimum atomic E-state index is -4.06. The number of carbonyl (C=O) groups is 1. The molecule has 1 aliphatic heterocycles. The summed E-state index contributed by atoms with van der Waals surface area (Å²) >= 11 is 0. The second-order valence-corrected chi connectivity index (χ2v) is 7.12. The van der Waals surface area contributed by atoms with Gasteiger partial charge in [-0.05, 0) is 59.4 Å². The van der Waals surface area contributed by atoms with Crippen LogP contribution in [0.2, 0.25) is 0 Å². The predicted molar refractivity (Wildman–Crippen MR) is 83.4 cm³/mol. The van der Waals surface area contributed by atoms with Gasteiger partial charge >= 0.3 is 12.3 Å². The lowest BCUT2D eigenvalue weighted by Gasteiger charge is -2.26. The second kappa shape index (κ2) is 8.76. The van der Waals surface area contributed by atoms with Crippen LogP contribution in [0.4, 0.5) is 18.0 Å². The number of unbranched alkanes of at least 4 members (excludes halogenated alkanes) is 1. The van der Waals surface area contributed by atoms with E-state index in [2.05, 4.69) is 5.32 Å². The molecule has 0 aromatic carbocycles. The number of nitrogens with one attached hydrogen (secondary N) is 1. The molecular formula is C16H29F3N2O2. The number of ether oxygens (including phenoxy) is 1. The van der Waals surface area contributed by atoms with Gasteiger partial charge in [-0.25, -0.2) is 4.79 Å². The fourth-order valence-corrected chi connectivity index (χ4v) is 2.57. The van der Waals surface area contributed by atoms with E-state index in [9.17, 15) is 18.0 Å². The van der Waals surface area contributed by atoms with Crippen LogP contribution in [-0.2, 0) is 4.74 Å². The SMILES string of the molecule is CC(C)(C)OC(=O)N1CCCC(NCCCCC(F)(F)F)CC1. The van der Waals surface area contributed by atoms with Crippen molar-refractivity contribution in [2.75, 3.05) is 19.6 Å². The van der Waals surface area contributed by atoms with Gasteiger partial charge in [0.25, 0.3) is 0 Å². The molecule has 1 fully saturated rings. The molecule has 0 bridgehead atoms. The molecule has 0 saturated carbocycles. The van der Waals surface area contributed by atoms with E-state index in [1.54, 1.807) is 4.90 Å². The zero-order valence-electron chi connectivity index (χ0n) is 14.3. The summed E-state index contributed by atoms with van der Waals surface area (Å²) in [6.45, 7) is 7.40. The fourth-order valence-electron chi connectivity index (χ4n) is 2.57. The number of hydrogen-bond acceptors (Lipinski definition) is 3. The molecule has 1 aliphatic rings. The number of likely N-dealkylation sites (tertiary alicyclic amines) is 1. The Morgan fingerprint density at radius 1 is 1.17 bits per heavy atom. The smallest absolute Gasteiger partial charge is 0.410 e. The van der Waals surface area contributed by atoms with Gasteiger partial charge in [-0.15, -0.1) is 0 Å². The van der Waals surface area contributed by atoms with E-state index in [1.807, 2.05) is 20.8 Å². The first-order valence-electron chi connectivity index (χ1n) is 8.35. The highest BCUT2D eigenvalue weighted by molar-refractivity contribution is 5.68. The van der Waals surface area contributed by atoms with E-state index in [4.69, 9.17) is 4.74 Å². The van der Waals surface area contributed by atoms with E-state index in [0.717, 1.165) is 19.3 Å². The summed E-state index contributed by atoms with van der Waals surface area (Å²) in [5.41, 5.74) is -0.500. The van der Waals surface area contributed by atoms with Crippen LogP contribution in [0.25, 0.3) is 0 Å². The van der Waals surface area contributed by atoms with Crippen LogP contribution in [0.1, 0.15) is 59.3 Å². The number of alkyl halides is 3. The van der Waals surface area contributed by atoms with E-state index >= 15 is 0 Å². The van der Waals surface area contributed by atoms with Crippen molar-refractivity contribution in [3.63, 3.8) is 0 Å². The molecule has 4 nitrogen and oxygen atoms in total. The Morgan fingerprint density at radius 2 is 1.87 bits per heavy atom. The summed E-state index contributed by atoms with van der Waals surface area (Å²) in [5, 5.41) is 3.31. The van der Waals surface area contributed by atoms with Crippen molar-refractivity contribution in [1.82, 2.24) is 10.2 Å². The van der Waals surface area contributed by atoms with Crippen LogP contribution < -0.4 is 5.32 Å². The Kier molecular flexibility index (Phi) is 7.64. The summed E-state index contributed by atoms with van der Waals surface area (Å²) in [5.74, 6) is 0. The molecule has 1 amide bonds. The van der Waals surface area contributed by atoms with E-state index < -0.39 is 18.2 Å². The van der Waals surface area contributed by atoms with Crippen LogP contribution in [0.3, 0.4) is 0 Å². The molecule has 23 heavy (non-hydrogen) atoms. The third kappa shape index (κ3) is 9.69. The van der Waals surface area contributed by atoms with Gasteiger partial charge in [0.05, 0.1) is 0 Å². The molecule has 1 N–H and O–H groups in total. The van der Waals surface area contributed by atoms with Crippen molar-refractivity contribution in [3.8, 4) is 0 Å². The molecule has 0 radical (unpaired) electrons. The normalized spacial score (nSPS) is 20.3. The number of hydrogen-bond donors (Lipinski definition) is 1. The standard InChI is InChI=1S/C16H29F3N2O2/c1-15(2,3)23-14(22)21-11-6-7-13(8-12-21)20-10-5-4-9-16(17,18)19/h13,20H,4-12H2,1-3H3. The number of amides is 1. The highest BCUT2D eigenvalue weighted by Gasteiger charge is 2.26. The van der Waals surface area contributed by atoms with Gasteiger partial charge in [-0.1, -0.05) is 0 Å². The van der Waals surface area contributed by atoms with Crippen LogP contribution in [0.5, 0.6) is 0 Å². The van der Waals surface area contributed by atoms with Crippen LogP contribution in [-0.4, -0.2) is 48.4 Å². The highest BCUT2D eigenvalue weighted by atomic mass is 19.4. The lowest BCUT2D eigenvalue weighted by Crippen LogP contribution is -2.38. The van der Waals surface area contributed by atoms with Gasteiger partial charge < -0.3 is 15.0 Å². The van der Waals surface area contributed by atoms with E-state index in [-0.39, 0.29) is 18.6 Å². The predicted octanol–water partition coefficient (Wildman–Crippen LogP) is 4.10. The Balaban J connectivity index is 2.23. The maximum absolute atomic E-state index is 12.1. The van der Waals surface area contributed by atoms with Crippen molar-refractivity contribution >= 4 is 6.09 Å². The maximum Gasteiger partial charge on any atom is 0.410 e. The zero-order chi connectivity index (χ0) is 17.5. The maximum atomic E-state index is 12.1. The monoisotopic (exact) mass is 338 g/mol. The van der Waals surface area contributed by atoms with Crippen molar-refractivity contribution in [2.45, 2.75) is 77.1 Å². The lowest BCUT2D eigenvalue weighted by molar-refractivity contribution is -0.135. The Hall–Kier alpha value is -0.980. The lowest BCUT2D eigenvalue weighted by atomic mass is 10.1. The Bertz CT molecular complexity index is 367. The molecule has 1 rings (SSSR count).